The number of aromatic nitrogens is 1. The summed E-state index contributed by atoms with van der Waals surface area (Å²) in [5.41, 5.74) is 0.815. The van der Waals surface area contributed by atoms with Gasteiger partial charge in [0, 0.05) is 25.2 Å². The van der Waals surface area contributed by atoms with E-state index >= 15 is 0 Å². The fraction of sp³-hybridized carbons (Fsp3) is 0.389. The lowest BCUT2D eigenvalue weighted by molar-refractivity contribution is -0.159. The van der Waals surface area contributed by atoms with E-state index in [2.05, 4.69) is 5.16 Å². The maximum absolute atomic E-state index is 13.8. The number of hydrogen-bond donors (Lipinski definition) is 0. The fourth-order valence-corrected chi connectivity index (χ4v) is 3.26. The van der Waals surface area contributed by atoms with Crippen LogP contribution in [0.2, 0.25) is 0 Å². The molecule has 0 radical (unpaired) electrons. The molecule has 1 aromatic heterocycles. The highest BCUT2D eigenvalue weighted by Crippen LogP contribution is 2.27. The highest BCUT2D eigenvalue weighted by molar-refractivity contribution is 6.35. The highest BCUT2D eigenvalue weighted by atomic mass is 19.1. The molecule has 1 saturated carbocycles. The van der Waals surface area contributed by atoms with Gasteiger partial charge in [0.25, 0.3) is 0 Å². The molecule has 2 heterocycles. The second kappa shape index (κ2) is 6.31. The average molecular weight is 343 g/mol. The van der Waals surface area contributed by atoms with Gasteiger partial charge in [-0.15, -0.1) is 0 Å². The van der Waals surface area contributed by atoms with E-state index in [0.717, 1.165) is 19.3 Å². The Labute approximate surface area is 144 Å². The van der Waals surface area contributed by atoms with Gasteiger partial charge >= 0.3 is 11.8 Å². The molecule has 0 unspecified atom stereocenters. The average Bonchev–Trinajstić information content (AvgIpc) is 3.01. The van der Waals surface area contributed by atoms with E-state index in [1.165, 1.54) is 11.0 Å². The zero-order chi connectivity index (χ0) is 17.4. The number of hydrogen-bond acceptors (Lipinski definition) is 4. The Morgan fingerprint density at radius 3 is 2.68 bits per heavy atom. The van der Waals surface area contributed by atoms with Gasteiger partial charge in [0.05, 0.1) is 12.1 Å². The van der Waals surface area contributed by atoms with Crippen molar-refractivity contribution in [3.63, 3.8) is 0 Å². The van der Waals surface area contributed by atoms with E-state index < -0.39 is 17.6 Å². The number of amides is 2. The molecule has 0 N–H and O–H groups in total. The number of halogens is 1. The van der Waals surface area contributed by atoms with Gasteiger partial charge in [-0.2, -0.15) is 0 Å². The third kappa shape index (κ3) is 2.90. The van der Waals surface area contributed by atoms with Crippen LogP contribution in [0, 0.1) is 5.82 Å². The second-order valence-electron chi connectivity index (χ2n) is 6.47. The van der Waals surface area contributed by atoms with Crippen molar-refractivity contribution in [3.8, 4) is 11.3 Å². The summed E-state index contributed by atoms with van der Waals surface area (Å²) < 4.78 is 19.0. The predicted molar refractivity (Wildman–Crippen MR) is 86.7 cm³/mol. The van der Waals surface area contributed by atoms with Gasteiger partial charge in [0.15, 0.2) is 5.76 Å². The molecule has 6 nitrogen and oxygen atoms in total. The predicted octanol–water partition coefficient (Wildman–Crippen LogP) is 2.20. The van der Waals surface area contributed by atoms with Crippen LogP contribution >= 0.6 is 0 Å². The quantitative estimate of drug-likeness (QED) is 0.798. The Morgan fingerprint density at radius 2 is 1.96 bits per heavy atom. The molecule has 7 heteroatoms. The molecular weight excluding hydrogens is 325 g/mol. The van der Waals surface area contributed by atoms with E-state index in [9.17, 15) is 14.0 Å². The van der Waals surface area contributed by atoms with Crippen molar-refractivity contribution in [1.29, 1.82) is 0 Å². The van der Waals surface area contributed by atoms with E-state index in [1.54, 1.807) is 29.2 Å². The summed E-state index contributed by atoms with van der Waals surface area (Å²) in [7, 11) is 0. The lowest BCUT2D eigenvalue weighted by Crippen LogP contribution is -2.58. The van der Waals surface area contributed by atoms with Gasteiger partial charge in [-0.05, 0) is 31.4 Å². The Bertz CT molecular complexity index is 815. The summed E-state index contributed by atoms with van der Waals surface area (Å²) in [4.78, 5) is 27.8. The van der Waals surface area contributed by atoms with Gasteiger partial charge in [-0.1, -0.05) is 17.3 Å². The molecule has 4 rings (SSSR count). The van der Waals surface area contributed by atoms with Crippen LogP contribution in [0.3, 0.4) is 0 Å². The third-order valence-electron chi connectivity index (χ3n) is 4.91. The van der Waals surface area contributed by atoms with Crippen molar-refractivity contribution in [2.24, 2.45) is 0 Å². The molecule has 2 amide bonds. The van der Waals surface area contributed by atoms with Crippen LogP contribution < -0.4 is 0 Å². The molecule has 0 bridgehead atoms. The summed E-state index contributed by atoms with van der Waals surface area (Å²) in [6, 6.07) is 8.09. The molecule has 1 saturated heterocycles. The first-order chi connectivity index (χ1) is 12.1. The summed E-state index contributed by atoms with van der Waals surface area (Å²) >= 11 is 0. The number of nitrogens with zero attached hydrogens (tertiary/aromatic N) is 3. The van der Waals surface area contributed by atoms with Crippen LogP contribution in [0.5, 0.6) is 0 Å². The number of carbonyl (C=O) groups is 2. The maximum atomic E-state index is 13.8. The van der Waals surface area contributed by atoms with Crippen LogP contribution in [-0.4, -0.2) is 45.9 Å². The molecule has 0 atom stereocenters. The molecular formula is C18H18FN3O3. The molecule has 130 valence electrons. The minimum atomic E-state index is -0.506. The molecule has 0 spiro atoms. The van der Waals surface area contributed by atoms with E-state index in [1.807, 2.05) is 0 Å². The molecule has 2 fully saturated rings. The Kier molecular flexibility index (Phi) is 3.99. The van der Waals surface area contributed by atoms with Crippen molar-refractivity contribution in [1.82, 2.24) is 15.0 Å². The van der Waals surface area contributed by atoms with Crippen molar-refractivity contribution < 1.29 is 18.5 Å². The largest absolute Gasteiger partial charge is 0.356 e. The van der Waals surface area contributed by atoms with E-state index in [4.69, 9.17) is 4.52 Å². The minimum Gasteiger partial charge on any atom is -0.356 e. The Hall–Kier alpha value is -2.70. The van der Waals surface area contributed by atoms with Crippen LogP contribution in [0.15, 0.2) is 34.9 Å². The lowest BCUT2D eigenvalue weighted by Gasteiger charge is -2.41. The molecule has 25 heavy (non-hydrogen) atoms. The van der Waals surface area contributed by atoms with E-state index in [-0.39, 0.29) is 12.6 Å². The first-order valence-electron chi connectivity index (χ1n) is 8.44. The molecule has 2 aliphatic rings. The summed E-state index contributed by atoms with van der Waals surface area (Å²) in [6.07, 6.45) is 3.08. The zero-order valence-corrected chi connectivity index (χ0v) is 13.7. The van der Waals surface area contributed by atoms with Crippen LogP contribution in [0.4, 0.5) is 4.39 Å². The van der Waals surface area contributed by atoms with Gasteiger partial charge < -0.3 is 14.3 Å². The lowest BCUT2D eigenvalue weighted by atomic mass is 9.91. The van der Waals surface area contributed by atoms with Gasteiger partial charge in [-0.3, -0.25) is 9.59 Å². The van der Waals surface area contributed by atoms with Crippen molar-refractivity contribution in [2.45, 2.75) is 31.8 Å². The number of piperazine rings is 1. The molecule has 1 aromatic carbocycles. The SMILES string of the molecule is O=C1C(=O)N(C2CCC2)CCN1Cc1cc(-c2ccccc2F)on1. The monoisotopic (exact) mass is 343 g/mol. The Morgan fingerprint density at radius 1 is 1.16 bits per heavy atom. The number of carbonyl (C=O) groups excluding carboxylic acids is 2. The van der Waals surface area contributed by atoms with Gasteiger partial charge in [0.1, 0.15) is 11.5 Å². The zero-order valence-electron chi connectivity index (χ0n) is 13.7. The molecule has 1 aliphatic carbocycles. The Balaban J connectivity index is 1.45. The molecule has 1 aliphatic heterocycles. The first-order valence-corrected chi connectivity index (χ1v) is 8.44. The second-order valence-corrected chi connectivity index (χ2v) is 6.47. The van der Waals surface area contributed by atoms with Crippen LogP contribution in [-0.2, 0) is 16.1 Å². The maximum Gasteiger partial charge on any atom is 0.312 e. The number of benzene rings is 1. The topological polar surface area (TPSA) is 66.7 Å². The smallest absolute Gasteiger partial charge is 0.312 e. The highest BCUT2D eigenvalue weighted by Gasteiger charge is 2.38. The van der Waals surface area contributed by atoms with Gasteiger partial charge in [0.2, 0.25) is 0 Å². The summed E-state index contributed by atoms with van der Waals surface area (Å²) in [5, 5.41) is 3.91. The normalized spacial score (nSPS) is 18.6. The minimum absolute atomic E-state index is 0.182. The first kappa shape index (κ1) is 15.8. The fourth-order valence-electron chi connectivity index (χ4n) is 3.26. The van der Waals surface area contributed by atoms with Gasteiger partial charge in [-0.25, -0.2) is 4.39 Å². The van der Waals surface area contributed by atoms with Crippen molar-refractivity contribution in [2.75, 3.05) is 13.1 Å². The standard InChI is InChI=1S/C18H18FN3O3/c19-15-7-2-1-6-14(15)16-10-12(20-25-16)11-21-8-9-22(13-4-3-5-13)18(24)17(21)23/h1-2,6-7,10,13H,3-5,8-9,11H2. The van der Waals surface area contributed by atoms with Crippen LogP contribution in [0.1, 0.15) is 25.0 Å². The van der Waals surface area contributed by atoms with Crippen LogP contribution in [0.25, 0.3) is 11.3 Å². The van der Waals surface area contributed by atoms with Crippen molar-refractivity contribution in [3.05, 3.63) is 41.8 Å². The van der Waals surface area contributed by atoms with Crippen molar-refractivity contribution >= 4 is 11.8 Å². The summed E-state index contributed by atoms with van der Waals surface area (Å²) in [6.45, 7) is 1.21. The summed E-state index contributed by atoms with van der Waals surface area (Å²) in [5.74, 6) is -1.03. The molecule has 2 aromatic rings. The van der Waals surface area contributed by atoms with E-state index in [0.29, 0.717) is 30.1 Å². The third-order valence-corrected chi connectivity index (χ3v) is 4.91. The number of rotatable bonds is 4.